The predicted molar refractivity (Wildman–Crippen MR) is 65.4 cm³/mol. The van der Waals surface area contributed by atoms with Gasteiger partial charge in [0.2, 0.25) is 0 Å². The second kappa shape index (κ2) is 5.73. The highest BCUT2D eigenvalue weighted by atomic mass is 35.5. The number of hydrogen-bond acceptors (Lipinski definition) is 2. The van der Waals surface area contributed by atoms with E-state index in [4.69, 9.17) is 45.6 Å². The number of carbonyl (C=O) groups is 1. The molecule has 1 aromatic rings. The van der Waals surface area contributed by atoms with Gasteiger partial charge in [0.15, 0.2) is 0 Å². The fraction of sp³-hybridized carbons (Fsp3) is 0.300. The number of rotatable bonds is 4. The Labute approximate surface area is 108 Å². The third-order valence-corrected chi connectivity index (χ3v) is 3.42. The average Bonchev–Trinajstić information content (AvgIpc) is 2.23. The Kier molecular flexibility index (Phi) is 4.87. The molecule has 3 nitrogen and oxygen atoms in total. The summed E-state index contributed by atoms with van der Waals surface area (Å²) < 4.78 is 0. The summed E-state index contributed by atoms with van der Waals surface area (Å²) in [6, 6.07) is 3.15. The predicted octanol–water partition coefficient (Wildman–Crippen LogP) is 2.85. The zero-order chi connectivity index (χ0) is 12.3. The van der Waals surface area contributed by atoms with E-state index in [0.29, 0.717) is 15.6 Å². The zero-order valence-electron chi connectivity index (χ0n) is 8.21. The molecular weight excluding hydrogens is 272 g/mol. The maximum absolute atomic E-state index is 10.8. The van der Waals surface area contributed by atoms with E-state index in [1.807, 2.05) is 0 Å². The number of carboxylic acid groups (broad SMARTS) is 1. The molecule has 16 heavy (non-hydrogen) atoms. The van der Waals surface area contributed by atoms with Crippen molar-refractivity contribution in [1.29, 1.82) is 0 Å². The summed E-state index contributed by atoms with van der Waals surface area (Å²) in [5, 5.41) is 9.92. The minimum Gasteiger partial charge on any atom is -0.481 e. The molecule has 0 spiro atoms. The normalized spacial score (nSPS) is 12.5. The van der Waals surface area contributed by atoms with Crippen LogP contribution in [0, 0.1) is 5.92 Å². The summed E-state index contributed by atoms with van der Waals surface area (Å²) in [6.07, 6.45) is 0.171. The molecule has 0 saturated carbocycles. The van der Waals surface area contributed by atoms with Gasteiger partial charge >= 0.3 is 5.97 Å². The van der Waals surface area contributed by atoms with Gasteiger partial charge < -0.3 is 10.8 Å². The van der Waals surface area contributed by atoms with Gasteiger partial charge in [0.25, 0.3) is 0 Å². The van der Waals surface area contributed by atoms with Crippen molar-refractivity contribution in [1.82, 2.24) is 0 Å². The number of hydrogen-bond donors (Lipinski definition) is 2. The monoisotopic (exact) mass is 281 g/mol. The van der Waals surface area contributed by atoms with Crippen LogP contribution in [0.2, 0.25) is 15.1 Å². The molecule has 1 unspecified atom stereocenters. The van der Waals surface area contributed by atoms with E-state index in [1.54, 1.807) is 12.1 Å². The van der Waals surface area contributed by atoms with Crippen LogP contribution in [0.3, 0.4) is 0 Å². The van der Waals surface area contributed by atoms with Crippen LogP contribution in [0.5, 0.6) is 0 Å². The molecule has 0 radical (unpaired) electrons. The van der Waals surface area contributed by atoms with Crippen molar-refractivity contribution in [2.45, 2.75) is 6.42 Å². The summed E-state index contributed by atoms with van der Waals surface area (Å²) in [6.45, 7) is 0.0223. The lowest BCUT2D eigenvalue weighted by Gasteiger charge is -2.13. The van der Waals surface area contributed by atoms with Crippen LogP contribution in [0.15, 0.2) is 12.1 Å². The molecule has 0 heterocycles. The standard InChI is InChI=1S/C10H10Cl3NO2/c11-7-1-2-8(12)9(13)6(7)3-5(4-14)10(15)16/h1-2,5H,3-4,14H2,(H,15,16). The van der Waals surface area contributed by atoms with Crippen LogP contribution in [0.25, 0.3) is 0 Å². The van der Waals surface area contributed by atoms with E-state index in [9.17, 15) is 4.79 Å². The molecule has 6 heteroatoms. The maximum Gasteiger partial charge on any atom is 0.308 e. The van der Waals surface area contributed by atoms with Gasteiger partial charge in [0.1, 0.15) is 0 Å². The summed E-state index contributed by atoms with van der Waals surface area (Å²) in [7, 11) is 0. The highest BCUT2D eigenvalue weighted by molar-refractivity contribution is 6.44. The van der Waals surface area contributed by atoms with Gasteiger partial charge in [0, 0.05) is 11.6 Å². The molecule has 0 aliphatic heterocycles. The van der Waals surface area contributed by atoms with Crippen molar-refractivity contribution in [3.63, 3.8) is 0 Å². The molecule has 0 fully saturated rings. The highest BCUT2D eigenvalue weighted by Gasteiger charge is 2.20. The molecule has 1 aromatic carbocycles. The van der Waals surface area contributed by atoms with E-state index in [1.165, 1.54) is 0 Å². The lowest BCUT2D eigenvalue weighted by Crippen LogP contribution is -2.25. The smallest absolute Gasteiger partial charge is 0.308 e. The Morgan fingerprint density at radius 2 is 1.88 bits per heavy atom. The Hall–Kier alpha value is -0.480. The third kappa shape index (κ3) is 3.01. The first-order valence-corrected chi connectivity index (χ1v) is 5.66. The van der Waals surface area contributed by atoms with Crippen molar-refractivity contribution < 1.29 is 9.90 Å². The van der Waals surface area contributed by atoms with Gasteiger partial charge in [-0.2, -0.15) is 0 Å². The number of halogens is 3. The van der Waals surface area contributed by atoms with Crippen molar-refractivity contribution in [3.8, 4) is 0 Å². The van der Waals surface area contributed by atoms with Crippen molar-refractivity contribution >= 4 is 40.8 Å². The van der Waals surface area contributed by atoms with Crippen LogP contribution < -0.4 is 5.73 Å². The largest absolute Gasteiger partial charge is 0.481 e. The summed E-state index contributed by atoms with van der Waals surface area (Å²) in [4.78, 5) is 10.8. The SMILES string of the molecule is NCC(Cc1c(Cl)ccc(Cl)c1Cl)C(=O)O. The van der Waals surface area contributed by atoms with E-state index in [-0.39, 0.29) is 18.0 Å². The van der Waals surface area contributed by atoms with Gasteiger partial charge in [-0.1, -0.05) is 34.8 Å². The lowest BCUT2D eigenvalue weighted by molar-refractivity contribution is -0.141. The quantitative estimate of drug-likeness (QED) is 0.835. The van der Waals surface area contributed by atoms with Gasteiger partial charge in [-0.25, -0.2) is 0 Å². The topological polar surface area (TPSA) is 63.3 Å². The minimum absolute atomic E-state index is 0.0223. The Balaban J connectivity index is 3.04. The second-order valence-corrected chi connectivity index (χ2v) is 4.49. The van der Waals surface area contributed by atoms with Crippen LogP contribution >= 0.6 is 34.8 Å². The van der Waals surface area contributed by atoms with Gasteiger partial charge in [-0.15, -0.1) is 0 Å². The maximum atomic E-state index is 10.8. The molecule has 0 aliphatic carbocycles. The molecule has 0 aliphatic rings. The molecule has 1 atom stereocenters. The van der Waals surface area contributed by atoms with Crippen molar-refractivity contribution in [2.24, 2.45) is 11.7 Å². The fourth-order valence-corrected chi connectivity index (χ4v) is 1.98. The first-order chi connectivity index (χ1) is 7.47. The molecular formula is C10H10Cl3NO2. The third-order valence-electron chi connectivity index (χ3n) is 2.22. The summed E-state index contributed by atoms with van der Waals surface area (Å²) >= 11 is 17.7. The van der Waals surface area contributed by atoms with Gasteiger partial charge in [-0.05, 0) is 24.1 Å². The molecule has 0 saturated heterocycles. The number of nitrogens with two attached hydrogens (primary N) is 1. The highest BCUT2D eigenvalue weighted by Crippen LogP contribution is 2.32. The first-order valence-electron chi connectivity index (χ1n) is 4.52. The molecule has 0 aromatic heterocycles. The zero-order valence-corrected chi connectivity index (χ0v) is 10.5. The number of benzene rings is 1. The minimum atomic E-state index is -0.977. The number of carboxylic acids is 1. The van der Waals surface area contributed by atoms with Gasteiger partial charge in [-0.3, -0.25) is 4.79 Å². The summed E-state index contributed by atoms with van der Waals surface area (Å²) in [5.74, 6) is -1.69. The van der Waals surface area contributed by atoms with E-state index >= 15 is 0 Å². The van der Waals surface area contributed by atoms with Crippen LogP contribution in [-0.2, 0) is 11.2 Å². The lowest BCUT2D eigenvalue weighted by atomic mass is 9.99. The molecule has 88 valence electrons. The van der Waals surface area contributed by atoms with E-state index in [0.717, 1.165) is 0 Å². The van der Waals surface area contributed by atoms with Crippen molar-refractivity contribution in [3.05, 3.63) is 32.8 Å². The van der Waals surface area contributed by atoms with Crippen LogP contribution in [0.1, 0.15) is 5.56 Å². The Morgan fingerprint density at radius 1 is 1.31 bits per heavy atom. The molecule has 1 rings (SSSR count). The van der Waals surface area contributed by atoms with Gasteiger partial charge in [0.05, 0.1) is 16.0 Å². The van der Waals surface area contributed by atoms with Crippen LogP contribution in [-0.4, -0.2) is 17.6 Å². The second-order valence-electron chi connectivity index (χ2n) is 3.30. The molecule has 0 amide bonds. The van der Waals surface area contributed by atoms with Crippen molar-refractivity contribution in [2.75, 3.05) is 6.54 Å². The Morgan fingerprint density at radius 3 is 2.38 bits per heavy atom. The van der Waals surface area contributed by atoms with E-state index in [2.05, 4.69) is 0 Å². The van der Waals surface area contributed by atoms with E-state index < -0.39 is 11.9 Å². The summed E-state index contributed by atoms with van der Waals surface area (Å²) in [5.41, 5.74) is 5.88. The fourth-order valence-electron chi connectivity index (χ4n) is 1.27. The van der Waals surface area contributed by atoms with Crippen LogP contribution in [0.4, 0.5) is 0 Å². The average molecular weight is 283 g/mol. The first kappa shape index (κ1) is 13.6. The Bertz CT molecular complexity index is 409. The number of aliphatic carboxylic acids is 1. The molecule has 3 N–H and O–H groups in total. The molecule has 0 bridgehead atoms.